The van der Waals surface area contributed by atoms with Crippen LogP contribution in [0.15, 0.2) is 48.5 Å². The van der Waals surface area contributed by atoms with Crippen LogP contribution in [0.25, 0.3) is 0 Å². The molecule has 0 spiro atoms. The Morgan fingerprint density at radius 2 is 1.36 bits per heavy atom. The maximum absolute atomic E-state index is 13.2. The normalized spacial score (nSPS) is 15.0. The van der Waals surface area contributed by atoms with Crippen molar-refractivity contribution in [1.29, 1.82) is 0 Å². The second-order valence-corrected chi connectivity index (χ2v) is 17.1. The van der Waals surface area contributed by atoms with E-state index in [1.165, 1.54) is 70.3 Å². The van der Waals surface area contributed by atoms with Crippen LogP contribution in [-0.2, 0) is 38.1 Å². The standard InChI is InChI=1S/C49H72N6O10S/c1-2-3-4-5-6-7-8-9-10-11-15-24-44(66)50-28-17-16-22-40(46(58)52-37-19-13-12-14-20-37)53-43(57)27-29-62-30-31-63-32-33-64-34-35-65-36-51-39-23-18-21-38-45(39)49(61)55(48(38)60)41-25-26-42(56)54-47(41)59/h12-14,18-21,23,40-41,51H,2-11,15-17,22,24-36H2,1H3,(H,50,66)(H,52,58)(H,53,57)(H,54,56,59). The Morgan fingerprint density at radius 3 is 2.03 bits per heavy atom. The van der Waals surface area contributed by atoms with Crippen LogP contribution in [0.2, 0.25) is 0 Å². The monoisotopic (exact) mass is 937 g/mol. The van der Waals surface area contributed by atoms with Gasteiger partial charge in [0.15, 0.2) is 0 Å². The van der Waals surface area contributed by atoms with Gasteiger partial charge in [-0.3, -0.25) is 39.0 Å². The van der Waals surface area contributed by atoms with Crippen molar-refractivity contribution in [2.75, 3.05) is 70.2 Å². The summed E-state index contributed by atoms with van der Waals surface area (Å²) in [4.78, 5) is 78.0. The number of imide groups is 2. The van der Waals surface area contributed by atoms with Crippen molar-refractivity contribution in [2.45, 2.75) is 135 Å². The minimum Gasteiger partial charge on any atom is -0.380 e. The SMILES string of the molecule is CCCCCCCCCCCCCC(=S)NCCCCC(NC(=O)CCOCCOCCOCCOCNc1cccc2c1C(=O)N(C1CCC(=O)NC1=O)C2=O)C(=O)Nc1ccccc1. The third kappa shape index (κ3) is 20.0. The van der Waals surface area contributed by atoms with E-state index in [4.69, 9.17) is 31.2 Å². The first-order valence-corrected chi connectivity index (χ1v) is 24.4. The Hall–Kier alpha value is -4.81. The first kappa shape index (κ1) is 53.8. The van der Waals surface area contributed by atoms with Gasteiger partial charge in [-0.2, -0.15) is 0 Å². The molecule has 2 unspecified atom stereocenters. The van der Waals surface area contributed by atoms with Gasteiger partial charge in [-0.05, 0) is 62.8 Å². The molecular formula is C49H72N6O10S. The zero-order valence-electron chi connectivity index (χ0n) is 38.8. The molecule has 2 aliphatic rings. The summed E-state index contributed by atoms with van der Waals surface area (Å²) in [5.74, 6) is -2.81. The summed E-state index contributed by atoms with van der Waals surface area (Å²) in [5, 5.41) is 14.4. The molecule has 2 aliphatic heterocycles. The van der Waals surface area contributed by atoms with E-state index in [0.29, 0.717) is 44.2 Å². The summed E-state index contributed by atoms with van der Waals surface area (Å²) in [6.45, 7) is 5.01. The third-order valence-electron chi connectivity index (χ3n) is 11.4. The second kappa shape index (κ2) is 32.0. The summed E-state index contributed by atoms with van der Waals surface area (Å²) < 4.78 is 22.3. The van der Waals surface area contributed by atoms with Gasteiger partial charge in [0.05, 0.1) is 62.4 Å². The van der Waals surface area contributed by atoms with E-state index < -0.39 is 35.7 Å². The molecule has 2 aromatic rings. The topological polar surface area (TPSA) is 203 Å². The highest BCUT2D eigenvalue weighted by Gasteiger charge is 2.45. The van der Waals surface area contributed by atoms with Gasteiger partial charge in [0, 0.05) is 30.8 Å². The number of ether oxygens (including phenoxy) is 4. The van der Waals surface area contributed by atoms with Crippen LogP contribution < -0.4 is 26.6 Å². The van der Waals surface area contributed by atoms with Gasteiger partial charge in [-0.15, -0.1) is 0 Å². The van der Waals surface area contributed by atoms with Crippen molar-refractivity contribution in [3.05, 3.63) is 59.7 Å². The van der Waals surface area contributed by atoms with Gasteiger partial charge in [0.2, 0.25) is 23.6 Å². The zero-order chi connectivity index (χ0) is 47.2. The maximum atomic E-state index is 13.2. The van der Waals surface area contributed by atoms with Crippen LogP contribution in [0.3, 0.4) is 0 Å². The number of fused-ring (bicyclic) bond motifs is 1. The molecule has 4 rings (SSSR count). The maximum Gasteiger partial charge on any atom is 0.264 e. The molecule has 0 bridgehead atoms. The number of carbonyl (C=O) groups excluding carboxylic acids is 6. The fourth-order valence-corrected chi connectivity index (χ4v) is 7.96. The van der Waals surface area contributed by atoms with Crippen LogP contribution in [0.4, 0.5) is 11.4 Å². The van der Waals surface area contributed by atoms with Gasteiger partial charge in [-0.25, -0.2) is 0 Å². The number of hydrogen-bond acceptors (Lipinski definition) is 12. The van der Waals surface area contributed by atoms with E-state index in [1.54, 1.807) is 12.1 Å². The number of unbranched alkanes of at least 4 members (excludes halogenated alkanes) is 11. The second-order valence-electron chi connectivity index (χ2n) is 16.6. The van der Waals surface area contributed by atoms with E-state index in [1.807, 2.05) is 30.3 Å². The Kier molecular flexibility index (Phi) is 26.1. The number of rotatable bonds is 36. The molecule has 0 aromatic heterocycles. The predicted octanol–water partition coefficient (Wildman–Crippen LogP) is 6.83. The zero-order valence-corrected chi connectivity index (χ0v) is 39.6. The molecule has 2 aromatic carbocycles. The summed E-state index contributed by atoms with van der Waals surface area (Å²) in [5.41, 5.74) is 1.40. The highest BCUT2D eigenvalue weighted by molar-refractivity contribution is 7.80. The summed E-state index contributed by atoms with van der Waals surface area (Å²) in [7, 11) is 0. The Morgan fingerprint density at radius 1 is 0.727 bits per heavy atom. The minimum absolute atomic E-state index is 0.0416. The van der Waals surface area contributed by atoms with Crippen LogP contribution >= 0.6 is 12.2 Å². The van der Waals surface area contributed by atoms with Crippen molar-refractivity contribution < 1.29 is 47.7 Å². The number of amides is 6. The lowest BCUT2D eigenvalue weighted by molar-refractivity contribution is -0.136. The average Bonchev–Trinajstić information content (AvgIpc) is 3.56. The number of thiocarbonyl (C=S) groups is 1. The van der Waals surface area contributed by atoms with E-state index in [9.17, 15) is 28.8 Å². The summed E-state index contributed by atoms with van der Waals surface area (Å²) in [6, 6.07) is 12.3. The molecule has 5 N–H and O–H groups in total. The first-order valence-electron chi connectivity index (χ1n) is 24.0. The molecule has 17 heteroatoms. The molecule has 2 atom stereocenters. The molecule has 2 heterocycles. The Balaban J connectivity index is 0.998. The number of benzene rings is 2. The molecule has 0 saturated carbocycles. The predicted molar refractivity (Wildman–Crippen MR) is 257 cm³/mol. The molecule has 0 aliphatic carbocycles. The molecule has 1 fully saturated rings. The number of carbonyl (C=O) groups is 6. The lowest BCUT2D eigenvalue weighted by Gasteiger charge is -2.27. The Bertz CT molecular complexity index is 1830. The molecule has 66 heavy (non-hydrogen) atoms. The van der Waals surface area contributed by atoms with Crippen LogP contribution in [-0.4, -0.2) is 117 Å². The fraction of sp³-hybridized carbons (Fsp3) is 0.612. The number of piperidine rings is 1. The van der Waals surface area contributed by atoms with Crippen molar-refractivity contribution >= 4 is 64.0 Å². The van der Waals surface area contributed by atoms with Gasteiger partial charge < -0.3 is 40.2 Å². The van der Waals surface area contributed by atoms with Crippen LogP contribution in [0.1, 0.15) is 143 Å². The molecule has 0 radical (unpaired) electrons. The molecule has 1 saturated heterocycles. The molecule has 6 amide bonds. The van der Waals surface area contributed by atoms with Crippen LogP contribution in [0.5, 0.6) is 0 Å². The highest BCUT2D eigenvalue weighted by atomic mass is 32.1. The van der Waals surface area contributed by atoms with E-state index in [-0.39, 0.29) is 68.8 Å². The molecular weight excluding hydrogens is 865 g/mol. The number of para-hydroxylation sites is 1. The fourth-order valence-electron chi connectivity index (χ4n) is 7.71. The number of nitrogens with one attached hydrogen (secondary N) is 5. The van der Waals surface area contributed by atoms with Crippen molar-refractivity contribution in [3.8, 4) is 0 Å². The van der Waals surface area contributed by atoms with Gasteiger partial charge >= 0.3 is 0 Å². The smallest absolute Gasteiger partial charge is 0.264 e. The Labute approximate surface area is 395 Å². The van der Waals surface area contributed by atoms with Crippen molar-refractivity contribution in [3.63, 3.8) is 0 Å². The summed E-state index contributed by atoms with van der Waals surface area (Å²) >= 11 is 5.56. The average molecular weight is 937 g/mol. The lowest BCUT2D eigenvalue weighted by atomic mass is 10.0. The van der Waals surface area contributed by atoms with Crippen molar-refractivity contribution in [2.24, 2.45) is 0 Å². The lowest BCUT2D eigenvalue weighted by Crippen LogP contribution is -2.54. The quantitative estimate of drug-likeness (QED) is 0.0206. The van der Waals surface area contributed by atoms with E-state index >= 15 is 0 Å². The van der Waals surface area contributed by atoms with Crippen LogP contribution in [0, 0.1) is 0 Å². The molecule has 16 nitrogen and oxygen atoms in total. The molecule has 364 valence electrons. The number of nitrogens with zero attached hydrogens (tertiary/aromatic N) is 1. The van der Waals surface area contributed by atoms with Gasteiger partial charge in [0.1, 0.15) is 18.8 Å². The minimum atomic E-state index is -1.04. The van der Waals surface area contributed by atoms with Gasteiger partial charge in [0.25, 0.3) is 11.8 Å². The number of hydrogen-bond donors (Lipinski definition) is 5. The largest absolute Gasteiger partial charge is 0.380 e. The first-order chi connectivity index (χ1) is 32.2. The highest BCUT2D eigenvalue weighted by Crippen LogP contribution is 2.32. The van der Waals surface area contributed by atoms with Crippen molar-refractivity contribution in [1.82, 2.24) is 20.9 Å². The van der Waals surface area contributed by atoms with E-state index in [0.717, 1.165) is 42.1 Å². The summed E-state index contributed by atoms with van der Waals surface area (Å²) in [6.07, 6.45) is 17.5. The third-order valence-corrected chi connectivity index (χ3v) is 11.7. The van der Waals surface area contributed by atoms with E-state index in [2.05, 4.69) is 33.5 Å². The van der Waals surface area contributed by atoms with Gasteiger partial charge in [-0.1, -0.05) is 108 Å². The number of anilines is 2.